The highest BCUT2D eigenvalue weighted by molar-refractivity contribution is 7.91. The van der Waals surface area contributed by atoms with E-state index < -0.39 is 9.84 Å². The zero-order valence-electron chi connectivity index (χ0n) is 16.4. The van der Waals surface area contributed by atoms with E-state index in [1.165, 1.54) is 5.56 Å². The number of hydrogen-bond donors (Lipinski definition) is 1. The van der Waals surface area contributed by atoms with Crippen molar-refractivity contribution in [2.75, 3.05) is 36.5 Å². The number of rotatable bonds is 6. The van der Waals surface area contributed by atoms with Crippen molar-refractivity contribution in [1.29, 1.82) is 0 Å². The molecule has 0 unspecified atom stereocenters. The van der Waals surface area contributed by atoms with E-state index in [9.17, 15) is 13.2 Å². The van der Waals surface area contributed by atoms with Crippen LogP contribution in [-0.2, 0) is 16.3 Å². The number of pyridine rings is 1. The van der Waals surface area contributed by atoms with Crippen LogP contribution in [0.1, 0.15) is 29.8 Å². The molecule has 150 valence electrons. The first kappa shape index (κ1) is 20.3. The summed E-state index contributed by atoms with van der Waals surface area (Å²) in [5, 5.41) is 3.35. The highest BCUT2D eigenvalue weighted by Crippen LogP contribution is 2.22. The number of hydrogen-bond acceptors (Lipinski definition) is 5. The Morgan fingerprint density at radius 3 is 2.39 bits per heavy atom. The Morgan fingerprint density at radius 1 is 1.11 bits per heavy atom. The molecule has 1 aromatic carbocycles. The maximum Gasteiger partial charge on any atom is 0.255 e. The Labute approximate surface area is 166 Å². The van der Waals surface area contributed by atoms with E-state index in [0.29, 0.717) is 5.56 Å². The summed E-state index contributed by atoms with van der Waals surface area (Å²) in [6.07, 6.45) is 2.51. The first-order valence-corrected chi connectivity index (χ1v) is 11.3. The molecule has 28 heavy (non-hydrogen) atoms. The summed E-state index contributed by atoms with van der Waals surface area (Å²) < 4.78 is 23.0. The third kappa shape index (κ3) is 5.55. The van der Waals surface area contributed by atoms with Crippen LogP contribution in [0, 0.1) is 5.41 Å². The van der Waals surface area contributed by atoms with Crippen LogP contribution in [0.15, 0.2) is 48.7 Å². The van der Waals surface area contributed by atoms with Crippen LogP contribution in [0.4, 0.5) is 5.82 Å². The maximum atomic E-state index is 12.5. The fourth-order valence-electron chi connectivity index (χ4n) is 3.26. The third-order valence-electron chi connectivity index (χ3n) is 4.92. The Bertz CT molecular complexity index is 896. The largest absolute Gasteiger partial charge is 0.370 e. The van der Waals surface area contributed by atoms with E-state index in [1.54, 1.807) is 23.2 Å². The number of aromatic nitrogens is 1. The normalized spacial score (nSPS) is 16.6. The summed E-state index contributed by atoms with van der Waals surface area (Å²) in [6, 6.07) is 13.9. The molecule has 1 N–H and O–H groups in total. The maximum absolute atomic E-state index is 12.5. The van der Waals surface area contributed by atoms with E-state index >= 15 is 0 Å². The summed E-state index contributed by atoms with van der Waals surface area (Å²) in [6.45, 7) is 5.65. The van der Waals surface area contributed by atoms with E-state index in [0.717, 1.165) is 18.8 Å². The van der Waals surface area contributed by atoms with Crippen LogP contribution in [0.5, 0.6) is 0 Å². The average Bonchev–Trinajstić information content (AvgIpc) is 2.67. The molecule has 3 rings (SSSR count). The Kier molecular flexibility index (Phi) is 6.03. The van der Waals surface area contributed by atoms with Crippen molar-refractivity contribution in [1.82, 2.24) is 9.88 Å². The summed E-state index contributed by atoms with van der Waals surface area (Å²) in [7, 11) is -3.00. The summed E-state index contributed by atoms with van der Waals surface area (Å²) in [5.74, 6) is 0.613. The summed E-state index contributed by atoms with van der Waals surface area (Å²) in [5.41, 5.74) is 1.83. The van der Waals surface area contributed by atoms with E-state index in [1.807, 2.05) is 18.2 Å². The zero-order valence-corrected chi connectivity index (χ0v) is 17.2. The molecule has 1 amide bonds. The van der Waals surface area contributed by atoms with Crippen LogP contribution < -0.4 is 5.32 Å². The first-order chi connectivity index (χ1) is 13.2. The van der Waals surface area contributed by atoms with Gasteiger partial charge in [0.25, 0.3) is 5.91 Å². The fourth-order valence-corrected chi connectivity index (χ4v) is 4.47. The number of nitrogens with one attached hydrogen (secondary N) is 1. The van der Waals surface area contributed by atoms with Gasteiger partial charge in [0.15, 0.2) is 9.84 Å². The molecule has 0 bridgehead atoms. The van der Waals surface area contributed by atoms with Gasteiger partial charge in [-0.25, -0.2) is 13.4 Å². The van der Waals surface area contributed by atoms with Crippen molar-refractivity contribution < 1.29 is 13.2 Å². The zero-order chi connectivity index (χ0) is 20.2. The average molecular weight is 402 g/mol. The SMILES string of the molecule is CC(C)(CNc1ccc(C(=O)N2CCS(=O)(=O)CC2)cn1)Cc1ccccc1. The third-order valence-corrected chi connectivity index (χ3v) is 6.52. The van der Waals surface area contributed by atoms with Crippen molar-refractivity contribution in [2.45, 2.75) is 20.3 Å². The van der Waals surface area contributed by atoms with Gasteiger partial charge in [0, 0.05) is 25.8 Å². The second-order valence-electron chi connectivity index (χ2n) is 8.06. The van der Waals surface area contributed by atoms with Gasteiger partial charge in [-0.05, 0) is 29.5 Å². The van der Waals surface area contributed by atoms with Crippen molar-refractivity contribution in [2.24, 2.45) is 5.41 Å². The quantitative estimate of drug-likeness (QED) is 0.805. The molecule has 1 aliphatic rings. The molecule has 0 radical (unpaired) electrons. The lowest BCUT2D eigenvalue weighted by Crippen LogP contribution is -2.43. The highest BCUT2D eigenvalue weighted by Gasteiger charge is 2.26. The second kappa shape index (κ2) is 8.31. The number of benzene rings is 1. The van der Waals surface area contributed by atoms with Crippen molar-refractivity contribution in [3.63, 3.8) is 0 Å². The monoisotopic (exact) mass is 401 g/mol. The van der Waals surface area contributed by atoms with Gasteiger partial charge in [0.1, 0.15) is 5.82 Å². The van der Waals surface area contributed by atoms with Crippen LogP contribution in [0.2, 0.25) is 0 Å². The lowest BCUT2D eigenvalue weighted by Gasteiger charge is -2.27. The molecule has 0 aliphatic carbocycles. The number of nitrogens with zero attached hydrogens (tertiary/aromatic N) is 2. The summed E-state index contributed by atoms with van der Waals surface area (Å²) in [4.78, 5) is 18.4. The number of carbonyl (C=O) groups excluding carboxylic acids is 1. The van der Waals surface area contributed by atoms with Gasteiger partial charge >= 0.3 is 0 Å². The minimum atomic E-state index is -3.00. The van der Waals surface area contributed by atoms with Crippen LogP contribution in [0.3, 0.4) is 0 Å². The second-order valence-corrected chi connectivity index (χ2v) is 10.4. The Hall–Kier alpha value is -2.41. The van der Waals surface area contributed by atoms with Crippen LogP contribution in [0.25, 0.3) is 0 Å². The number of carbonyl (C=O) groups is 1. The molecule has 1 saturated heterocycles. The van der Waals surface area contributed by atoms with Gasteiger partial charge < -0.3 is 10.2 Å². The molecule has 7 heteroatoms. The predicted molar refractivity (Wildman–Crippen MR) is 111 cm³/mol. The van der Waals surface area contributed by atoms with Gasteiger partial charge in [-0.1, -0.05) is 44.2 Å². The molecule has 1 aliphatic heterocycles. The van der Waals surface area contributed by atoms with Crippen LogP contribution in [-0.4, -0.2) is 55.3 Å². The Morgan fingerprint density at radius 2 is 1.79 bits per heavy atom. The van der Waals surface area contributed by atoms with Gasteiger partial charge in [0.2, 0.25) is 0 Å². The lowest BCUT2D eigenvalue weighted by atomic mass is 9.85. The number of anilines is 1. The number of amides is 1. The fraction of sp³-hybridized carbons (Fsp3) is 0.429. The first-order valence-electron chi connectivity index (χ1n) is 9.48. The van der Waals surface area contributed by atoms with E-state index in [4.69, 9.17) is 0 Å². The predicted octanol–water partition coefficient (Wildman–Crippen LogP) is 2.63. The molecular weight excluding hydrogens is 374 g/mol. The topological polar surface area (TPSA) is 79.4 Å². The van der Waals surface area contributed by atoms with Gasteiger partial charge in [-0.15, -0.1) is 0 Å². The van der Waals surface area contributed by atoms with Crippen molar-refractivity contribution in [3.8, 4) is 0 Å². The van der Waals surface area contributed by atoms with Gasteiger partial charge in [-0.3, -0.25) is 4.79 Å². The Balaban J connectivity index is 1.55. The molecular formula is C21H27N3O3S. The standard InChI is InChI=1S/C21H27N3O3S/c1-21(2,14-17-6-4-3-5-7-17)16-23-19-9-8-18(15-22-19)20(25)24-10-12-28(26,27)13-11-24/h3-9,15H,10-14,16H2,1-2H3,(H,22,23). The lowest BCUT2D eigenvalue weighted by molar-refractivity contribution is 0.0770. The molecule has 2 heterocycles. The minimum absolute atomic E-state index is 0.0301. The molecule has 0 spiro atoms. The van der Waals surface area contributed by atoms with E-state index in [-0.39, 0.29) is 35.9 Å². The molecule has 0 saturated carbocycles. The minimum Gasteiger partial charge on any atom is -0.370 e. The number of sulfone groups is 1. The van der Waals surface area contributed by atoms with E-state index in [2.05, 4.69) is 36.3 Å². The smallest absolute Gasteiger partial charge is 0.255 e. The molecule has 1 fully saturated rings. The molecule has 2 aromatic rings. The van der Waals surface area contributed by atoms with Crippen molar-refractivity contribution >= 4 is 21.6 Å². The highest BCUT2D eigenvalue weighted by atomic mass is 32.2. The molecule has 0 atom stereocenters. The van der Waals surface area contributed by atoms with Crippen LogP contribution >= 0.6 is 0 Å². The van der Waals surface area contributed by atoms with Gasteiger partial charge in [0.05, 0.1) is 17.1 Å². The van der Waals surface area contributed by atoms with Gasteiger partial charge in [-0.2, -0.15) is 0 Å². The molecule has 6 nitrogen and oxygen atoms in total. The molecule has 1 aromatic heterocycles. The summed E-state index contributed by atoms with van der Waals surface area (Å²) >= 11 is 0. The van der Waals surface area contributed by atoms with Crippen molar-refractivity contribution in [3.05, 3.63) is 59.8 Å².